The number of benzene rings is 1. The van der Waals surface area contributed by atoms with Crippen molar-refractivity contribution in [2.24, 2.45) is 0 Å². The SMILES string of the molecule is CC(CO)(Cc1ccco1)c1ccc(Cl)cc1. The molecule has 3 heteroatoms. The second-order valence-corrected chi connectivity index (χ2v) is 4.92. The molecule has 1 aromatic heterocycles. The van der Waals surface area contributed by atoms with E-state index < -0.39 is 0 Å². The first-order chi connectivity index (χ1) is 8.14. The van der Waals surface area contributed by atoms with E-state index in [0.29, 0.717) is 11.4 Å². The summed E-state index contributed by atoms with van der Waals surface area (Å²) in [5, 5.41) is 10.3. The van der Waals surface area contributed by atoms with Crippen LogP contribution in [0.5, 0.6) is 0 Å². The Kier molecular flexibility index (Phi) is 3.55. The molecule has 1 N–H and O–H groups in total. The molecule has 1 aromatic carbocycles. The Morgan fingerprint density at radius 2 is 1.94 bits per heavy atom. The van der Waals surface area contributed by atoms with Crippen LogP contribution in [-0.4, -0.2) is 11.7 Å². The maximum absolute atomic E-state index is 9.63. The molecule has 2 nitrogen and oxygen atoms in total. The van der Waals surface area contributed by atoms with Gasteiger partial charge in [-0.25, -0.2) is 0 Å². The van der Waals surface area contributed by atoms with Gasteiger partial charge in [0.2, 0.25) is 0 Å². The number of rotatable bonds is 4. The summed E-state index contributed by atoms with van der Waals surface area (Å²) in [6, 6.07) is 11.3. The molecule has 0 radical (unpaired) electrons. The van der Waals surface area contributed by atoms with Gasteiger partial charge in [0.25, 0.3) is 0 Å². The Morgan fingerprint density at radius 1 is 1.24 bits per heavy atom. The van der Waals surface area contributed by atoms with Crippen LogP contribution in [0, 0.1) is 0 Å². The Balaban J connectivity index is 2.27. The number of halogens is 1. The Hall–Kier alpha value is -1.25. The molecule has 90 valence electrons. The third kappa shape index (κ3) is 2.71. The fraction of sp³-hybridized carbons (Fsp3) is 0.286. The van der Waals surface area contributed by atoms with Crippen molar-refractivity contribution in [2.45, 2.75) is 18.8 Å². The molecule has 0 bridgehead atoms. The molecule has 0 amide bonds. The number of aliphatic hydroxyl groups is 1. The maximum atomic E-state index is 9.63. The molecule has 0 fully saturated rings. The monoisotopic (exact) mass is 250 g/mol. The van der Waals surface area contributed by atoms with Gasteiger partial charge in [0.15, 0.2) is 0 Å². The van der Waals surface area contributed by atoms with E-state index in [1.165, 1.54) is 0 Å². The predicted octanol–water partition coefficient (Wildman–Crippen LogP) is 3.43. The van der Waals surface area contributed by atoms with Crippen LogP contribution in [-0.2, 0) is 11.8 Å². The van der Waals surface area contributed by atoms with Crippen molar-refractivity contribution in [3.63, 3.8) is 0 Å². The van der Waals surface area contributed by atoms with Crippen LogP contribution in [0.2, 0.25) is 5.02 Å². The molecular weight excluding hydrogens is 236 g/mol. The summed E-state index contributed by atoms with van der Waals surface area (Å²) in [5.41, 5.74) is 0.711. The smallest absolute Gasteiger partial charge is 0.104 e. The van der Waals surface area contributed by atoms with Crippen LogP contribution in [0.15, 0.2) is 47.1 Å². The fourth-order valence-electron chi connectivity index (χ4n) is 1.90. The van der Waals surface area contributed by atoms with Gasteiger partial charge >= 0.3 is 0 Å². The van der Waals surface area contributed by atoms with Crippen molar-refractivity contribution >= 4 is 11.6 Å². The molecule has 1 heterocycles. The first-order valence-electron chi connectivity index (χ1n) is 5.53. The zero-order chi connectivity index (χ0) is 12.3. The van der Waals surface area contributed by atoms with Gasteiger partial charge < -0.3 is 9.52 Å². The molecule has 1 unspecified atom stereocenters. The molecule has 17 heavy (non-hydrogen) atoms. The van der Waals surface area contributed by atoms with Gasteiger partial charge in [-0.15, -0.1) is 0 Å². The molecule has 0 aliphatic carbocycles. The summed E-state index contributed by atoms with van der Waals surface area (Å²) >= 11 is 5.87. The minimum Gasteiger partial charge on any atom is -0.469 e. The topological polar surface area (TPSA) is 33.4 Å². The van der Waals surface area contributed by atoms with Crippen LogP contribution in [0.4, 0.5) is 0 Å². The average molecular weight is 251 g/mol. The Morgan fingerprint density at radius 3 is 2.47 bits per heavy atom. The highest BCUT2D eigenvalue weighted by molar-refractivity contribution is 6.30. The second-order valence-electron chi connectivity index (χ2n) is 4.48. The van der Waals surface area contributed by atoms with Gasteiger partial charge in [-0.1, -0.05) is 30.7 Å². The van der Waals surface area contributed by atoms with Gasteiger partial charge in [-0.05, 0) is 29.8 Å². The summed E-state index contributed by atoms with van der Waals surface area (Å²) in [4.78, 5) is 0. The molecule has 1 atom stereocenters. The second kappa shape index (κ2) is 4.94. The Labute approximate surface area is 106 Å². The average Bonchev–Trinajstić information content (AvgIpc) is 2.82. The van der Waals surface area contributed by atoms with E-state index in [9.17, 15) is 5.11 Å². The van der Waals surface area contributed by atoms with E-state index in [1.807, 2.05) is 43.3 Å². The van der Waals surface area contributed by atoms with Gasteiger partial charge in [-0.2, -0.15) is 0 Å². The van der Waals surface area contributed by atoms with Crippen molar-refractivity contribution < 1.29 is 9.52 Å². The number of hydrogen-bond acceptors (Lipinski definition) is 2. The minimum absolute atomic E-state index is 0.0648. The van der Waals surface area contributed by atoms with Crippen LogP contribution in [0.3, 0.4) is 0 Å². The highest BCUT2D eigenvalue weighted by Gasteiger charge is 2.27. The normalized spacial score (nSPS) is 14.5. The lowest BCUT2D eigenvalue weighted by atomic mass is 9.79. The standard InChI is InChI=1S/C14H15ClO2/c1-14(10-16,9-13-3-2-8-17-13)11-4-6-12(15)7-5-11/h2-8,16H,9-10H2,1H3. The maximum Gasteiger partial charge on any atom is 0.104 e. The van der Waals surface area contributed by atoms with Crippen molar-refractivity contribution in [2.75, 3.05) is 6.61 Å². The molecule has 0 spiro atoms. The summed E-state index contributed by atoms with van der Waals surface area (Å²) in [7, 11) is 0. The lowest BCUT2D eigenvalue weighted by molar-refractivity contribution is 0.198. The number of hydrogen-bond donors (Lipinski definition) is 1. The summed E-state index contributed by atoms with van der Waals surface area (Å²) in [6.07, 6.45) is 2.31. The van der Waals surface area contributed by atoms with Crippen molar-refractivity contribution in [3.05, 3.63) is 59.0 Å². The van der Waals surface area contributed by atoms with Crippen LogP contribution in [0.25, 0.3) is 0 Å². The number of furan rings is 1. The molecule has 0 saturated heterocycles. The lowest BCUT2D eigenvalue weighted by Crippen LogP contribution is -2.29. The van der Waals surface area contributed by atoms with Gasteiger partial charge in [0, 0.05) is 16.9 Å². The molecule has 2 rings (SSSR count). The quantitative estimate of drug-likeness (QED) is 0.902. The molecular formula is C14H15ClO2. The highest BCUT2D eigenvalue weighted by atomic mass is 35.5. The van der Waals surface area contributed by atoms with Crippen LogP contribution in [0.1, 0.15) is 18.2 Å². The van der Waals surface area contributed by atoms with Gasteiger partial charge in [0.05, 0.1) is 12.9 Å². The molecule has 0 aliphatic rings. The van der Waals surface area contributed by atoms with Crippen molar-refractivity contribution in [1.29, 1.82) is 0 Å². The van der Waals surface area contributed by atoms with E-state index >= 15 is 0 Å². The fourth-order valence-corrected chi connectivity index (χ4v) is 2.03. The summed E-state index contributed by atoms with van der Waals surface area (Å²) in [6.45, 7) is 2.08. The van der Waals surface area contributed by atoms with E-state index in [-0.39, 0.29) is 12.0 Å². The summed E-state index contributed by atoms with van der Waals surface area (Å²) in [5.74, 6) is 0.872. The molecule has 0 aliphatic heterocycles. The molecule has 0 saturated carbocycles. The number of aliphatic hydroxyl groups excluding tert-OH is 1. The predicted molar refractivity (Wildman–Crippen MR) is 68.3 cm³/mol. The zero-order valence-electron chi connectivity index (χ0n) is 9.69. The largest absolute Gasteiger partial charge is 0.469 e. The van der Waals surface area contributed by atoms with Gasteiger partial charge in [-0.3, -0.25) is 0 Å². The minimum atomic E-state index is -0.345. The van der Waals surface area contributed by atoms with Crippen molar-refractivity contribution in [1.82, 2.24) is 0 Å². The van der Waals surface area contributed by atoms with Gasteiger partial charge in [0.1, 0.15) is 5.76 Å². The Bertz CT molecular complexity index is 461. The third-order valence-electron chi connectivity index (χ3n) is 3.03. The lowest BCUT2D eigenvalue weighted by Gasteiger charge is -2.27. The van der Waals surface area contributed by atoms with Crippen molar-refractivity contribution in [3.8, 4) is 0 Å². The first kappa shape index (κ1) is 12.2. The van der Waals surface area contributed by atoms with E-state index in [4.69, 9.17) is 16.0 Å². The highest BCUT2D eigenvalue weighted by Crippen LogP contribution is 2.28. The van der Waals surface area contributed by atoms with E-state index in [1.54, 1.807) is 6.26 Å². The third-order valence-corrected chi connectivity index (χ3v) is 3.29. The van der Waals surface area contributed by atoms with Crippen LogP contribution < -0.4 is 0 Å². The van der Waals surface area contributed by atoms with E-state index in [2.05, 4.69) is 0 Å². The van der Waals surface area contributed by atoms with E-state index in [0.717, 1.165) is 11.3 Å². The first-order valence-corrected chi connectivity index (χ1v) is 5.91. The summed E-state index contributed by atoms with van der Waals surface area (Å²) < 4.78 is 5.34. The zero-order valence-corrected chi connectivity index (χ0v) is 10.4. The molecule has 2 aromatic rings. The van der Waals surface area contributed by atoms with Crippen LogP contribution >= 0.6 is 11.6 Å².